The van der Waals surface area contributed by atoms with Gasteiger partial charge in [-0.15, -0.1) is 5.10 Å². The van der Waals surface area contributed by atoms with Gasteiger partial charge in [0.05, 0.1) is 24.5 Å². The molecule has 0 amide bonds. The molecule has 0 bridgehead atoms. The van der Waals surface area contributed by atoms with E-state index < -0.39 is 0 Å². The molecular weight excluding hydrogens is 228 g/mol. The minimum atomic E-state index is 0.0211. The maximum absolute atomic E-state index is 5.67. The van der Waals surface area contributed by atoms with Crippen molar-refractivity contribution in [1.82, 2.24) is 20.3 Å². The largest absolute Gasteiger partial charge is 0.494 e. The summed E-state index contributed by atoms with van der Waals surface area (Å²) in [6, 6.07) is 8.04. The molecule has 5 heteroatoms. The minimum Gasteiger partial charge on any atom is -0.494 e. The molecule has 5 nitrogen and oxygen atoms in total. The summed E-state index contributed by atoms with van der Waals surface area (Å²) in [6.07, 6.45) is 1.77. The third kappa shape index (κ3) is 2.36. The van der Waals surface area contributed by atoms with Gasteiger partial charge in [0.15, 0.2) is 0 Å². The van der Waals surface area contributed by atoms with E-state index in [2.05, 4.69) is 21.7 Å². The van der Waals surface area contributed by atoms with E-state index in [-0.39, 0.29) is 6.04 Å². The van der Waals surface area contributed by atoms with Gasteiger partial charge in [0.2, 0.25) is 0 Å². The molecule has 2 rings (SSSR count). The molecular formula is C13H18N4O. The van der Waals surface area contributed by atoms with Crippen LogP contribution in [0.1, 0.15) is 24.2 Å². The summed E-state index contributed by atoms with van der Waals surface area (Å²) in [5, 5.41) is 11.2. The summed E-state index contributed by atoms with van der Waals surface area (Å²) in [7, 11) is 3.80. The van der Waals surface area contributed by atoms with Gasteiger partial charge in [-0.1, -0.05) is 23.4 Å². The van der Waals surface area contributed by atoms with Crippen molar-refractivity contribution in [3.63, 3.8) is 0 Å². The van der Waals surface area contributed by atoms with Crippen LogP contribution in [0.15, 0.2) is 30.5 Å². The third-order valence-electron chi connectivity index (χ3n) is 2.86. The number of hydrogen-bond donors (Lipinski definition) is 1. The van der Waals surface area contributed by atoms with E-state index in [1.54, 1.807) is 10.9 Å². The van der Waals surface area contributed by atoms with E-state index in [9.17, 15) is 0 Å². The highest BCUT2D eigenvalue weighted by Gasteiger charge is 2.19. The number of aryl methyl sites for hydroxylation is 1. The smallest absolute Gasteiger partial charge is 0.124 e. The van der Waals surface area contributed by atoms with Crippen LogP contribution in [0.4, 0.5) is 0 Å². The Labute approximate surface area is 107 Å². The first-order valence-corrected chi connectivity index (χ1v) is 6.01. The summed E-state index contributed by atoms with van der Waals surface area (Å²) in [5.74, 6) is 0.889. The highest BCUT2D eigenvalue weighted by atomic mass is 16.5. The van der Waals surface area contributed by atoms with Crippen LogP contribution < -0.4 is 10.1 Å². The molecule has 0 aliphatic rings. The molecule has 0 aliphatic carbocycles. The van der Waals surface area contributed by atoms with Gasteiger partial charge in [-0.2, -0.15) is 0 Å². The first kappa shape index (κ1) is 12.6. The van der Waals surface area contributed by atoms with Crippen molar-refractivity contribution in [1.29, 1.82) is 0 Å². The molecule has 1 unspecified atom stereocenters. The zero-order valence-corrected chi connectivity index (χ0v) is 10.9. The maximum atomic E-state index is 5.67. The zero-order chi connectivity index (χ0) is 13.0. The number of nitrogens with one attached hydrogen (secondary N) is 1. The van der Waals surface area contributed by atoms with E-state index in [1.165, 1.54) is 0 Å². The average molecular weight is 246 g/mol. The van der Waals surface area contributed by atoms with Crippen LogP contribution in [0.5, 0.6) is 5.75 Å². The van der Waals surface area contributed by atoms with Gasteiger partial charge in [0.1, 0.15) is 5.75 Å². The normalized spacial score (nSPS) is 12.4. The molecule has 1 N–H and O–H groups in total. The molecule has 1 atom stereocenters. The Hall–Kier alpha value is -1.88. The first-order chi connectivity index (χ1) is 8.77. The number of benzene rings is 1. The predicted molar refractivity (Wildman–Crippen MR) is 69.5 cm³/mol. The Kier molecular flexibility index (Phi) is 3.94. The number of ether oxygens (including phenoxy) is 1. The number of aromatic nitrogens is 3. The molecule has 0 radical (unpaired) electrons. The fourth-order valence-electron chi connectivity index (χ4n) is 2.03. The Bertz CT molecular complexity index is 509. The second-order valence-electron chi connectivity index (χ2n) is 3.98. The van der Waals surface area contributed by atoms with Gasteiger partial charge >= 0.3 is 0 Å². The second-order valence-corrected chi connectivity index (χ2v) is 3.98. The van der Waals surface area contributed by atoms with Crippen LogP contribution in [0.2, 0.25) is 0 Å². The number of rotatable bonds is 5. The lowest BCUT2D eigenvalue weighted by atomic mass is 10.0. The van der Waals surface area contributed by atoms with Crippen LogP contribution in [0.25, 0.3) is 0 Å². The quantitative estimate of drug-likeness (QED) is 0.869. The van der Waals surface area contributed by atoms with Crippen LogP contribution in [-0.2, 0) is 7.05 Å². The third-order valence-corrected chi connectivity index (χ3v) is 2.86. The van der Waals surface area contributed by atoms with Gasteiger partial charge in [0.25, 0.3) is 0 Å². The number of nitrogens with zero attached hydrogens (tertiary/aromatic N) is 3. The predicted octanol–water partition coefficient (Wildman–Crippen LogP) is 1.52. The van der Waals surface area contributed by atoms with Gasteiger partial charge < -0.3 is 10.1 Å². The summed E-state index contributed by atoms with van der Waals surface area (Å²) in [6.45, 7) is 2.63. The Morgan fingerprint density at radius 1 is 1.39 bits per heavy atom. The van der Waals surface area contributed by atoms with E-state index >= 15 is 0 Å². The van der Waals surface area contributed by atoms with Crippen LogP contribution in [-0.4, -0.2) is 28.6 Å². The molecule has 0 saturated carbocycles. The summed E-state index contributed by atoms with van der Waals surface area (Å²) < 4.78 is 7.44. The average Bonchev–Trinajstić information content (AvgIpc) is 2.79. The molecule has 18 heavy (non-hydrogen) atoms. The summed E-state index contributed by atoms with van der Waals surface area (Å²) in [4.78, 5) is 0. The molecule has 1 aromatic heterocycles. The van der Waals surface area contributed by atoms with E-state index in [4.69, 9.17) is 4.74 Å². The summed E-state index contributed by atoms with van der Waals surface area (Å²) in [5.41, 5.74) is 2.09. The lowest BCUT2D eigenvalue weighted by Crippen LogP contribution is -2.21. The van der Waals surface area contributed by atoms with Crippen molar-refractivity contribution in [3.05, 3.63) is 41.7 Å². The monoisotopic (exact) mass is 246 g/mol. The lowest BCUT2D eigenvalue weighted by Gasteiger charge is -2.19. The SMILES string of the molecule is CCOc1ccccc1C(NC)c1cnnn1C. The van der Waals surface area contributed by atoms with Gasteiger partial charge in [0, 0.05) is 12.6 Å². The highest BCUT2D eigenvalue weighted by Crippen LogP contribution is 2.29. The number of para-hydroxylation sites is 1. The van der Waals surface area contributed by atoms with Crippen molar-refractivity contribution < 1.29 is 4.74 Å². The lowest BCUT2D eigenvalue weighted by molar-refractivity contribution is 0.333. The topological polar surface area (TPSA) is 52.0 Å². The minimum absolute atomic E-state index is 0.0211. The molecule has 2 aromatic rings. The van der Waals surface area contributed by atoms with Gasteiger partial charge in [-0.25, -0.2) is 0 Å². The van der Waals surface area contributed by atoms with Crippen LogP contribution in [0, 0.1) is 0 Å². The Morgan fingerprint density at radius 3 is 2.78 bits per heavy atom. The highest BCUT2D eigenvalue weighted by molar-refractivity contribution is 5.39. The second kappa shape index (κ2) is 5.64. The van der Waals surface area contributed by atoms with Gasteiger partial charge in [-0.05, 0) is 20.0 Å². The fourth-order valence-corrected chi connectivity index (χ4v) is 2.03. The van der Waals surface area contributed by atoms with Crippen molar-refractivity contribution in [2.24, 2.45) is 7.05 Å². The van der Waals surface area contributed by atoms with E-state index in [0.29, 0.717) is 6.61 Å². The molecule has 1 heterocycles. The molecule has 0 saturated heterocycles. The fraction of sp³-hybridized carbons (Fsp3) is 0.385. The molecule has 96 valence electrons. The van der Waals surface area contributed by atoms with Crippen molar-refractivity contribution in [3.8, 4) is 5.75 Å². The van der Waals surface area contributed by atoms with Crippen molar-refractivity contribution >= 4 is 0 Å². The molecule has 0 spiro atoms. The standard InChI is InChI=1S/C13H18N4O/c1-4-18-12-8-6-5-7-10(12)13(14-2)11-9-15-16-17(11)3/h5-9,13-14H,4H2,1-3H3. The first-order valence-electron chi connectivity index (χ1n) is 6.01. The van der Waals surface area contributed by atoms with Crippen molar-refractivity contribution in [2.45, 2.75) is 13.0 Å². The zero-order valence-electron chi connectivity index (χ0n) is 10.9. The molecule has 0 aliphatic heterocycles. The summed E-state index contributed by atoms with van der Waals surface area (Å²) >= 11 is 0. The Morgan fingerprint density at radius 2 is 2.17 bits per heavy atom. The van der Waals surface area contributed by atoms with E-state index in [1.807, 2.05) is 39.2 Å². The van der Waals surface area contributed by atoms with Gasteiger partial charge in [-0.3, -0.25) is 4.68 Å². The maximum Gasteiger partial charge on any atom is 0.124 e. The van der Waals surface area contributed by atoms with E-state index in [0.717, 1.165) is 17.0 Å². The van der Waals surface area contributed by atoms with Crippen LogP contribution in [0.3, 0.4) is 0 Å². The van der Waals surface area contributed by atoms with Crippen molar-refractivity contribution in [2.75, 3.05) is 13.7 Å². The number of hydrogen-bond acceptors (Lipinski definition) is 4. The Balaban J connectivity index is 2.42. The molecule has 1 aromatic carbocycles. The van der Waals surface area contributed by atoms with Crippen LogP contribution >= 0.6 is 0 Å². The molecule has 0 fully saturated rings.